The second kappa shape index (κ2) is 12.6. The molecule has 0 radical (unpaired) electrons. The number of amides is 3. The fraction of sp³-hybridized carbons (Fsp3) is 0.581. The molecule has 0 saturated carbocycles. The van der Waals surface area contributed by atoms with Gasteiger partial charge in [-0.3, -0.25) is 14.4 Å². The summed E-state index contributed by atoms with van der Waals surface area (Å²) < 4.78 is 12.1. The van der Waals surface area contributed by atoms with Gasteiger partial charge in [0.25, 0.3) is 0 Å². The number of β-amino-alcohol motifs (C(OH)–C–C–N with tert-alkyl or cyclic N) is 1. The Morgan fingerprint density at radius 1 is 1.20 bits per heavy atom. The number of benzene rings is 1. The minimum Gasteiger partial charge on any atom is -0.494 e. The van der Waals surface area contributed by atoms with Crippen LogP contribution in [-0.2, 0) is 19.1 Å². The molecule has 40 heavy (non-hydrogen) atoms. The van der Waals surface area contributed by atoms with Crippen LogP contribution in [0.3, 0.4) is 0 Å². The van der Waals surface area contributed by atoms with Crippen molar-refractivity contribution in [1.82, 2.24) is 9.80 Å². The maximum atomic E-state index is 14.2. The first-order valence-corrected chi connectivity index (χ1v) is 14.4. The Bertz CT molecular complexity index is 1110. The van der Waals surface area contributed by atoms with Crippen molar-refractivity contribution in [1.29, 1.82) is 0 Å². The summed E-state index contributed by atoms with van der Waals surface area (Å²) in [4.78, 5) is 47.3. The normalized spacial score (nSPS) is 27.3. The van der Waals surface area contributed by atoms with Gasteiger partial charge in [-0.1, -0.05) is 25.5 Å². The average Bonchev–Trinajstić information content (AvgIpc) is 3.58. The molecule has 3 heterocycles. The largest absolute Gasteiger partial charge is 0.494 e. The van der Waals surface area contributed by atoms with Crippen molar-refractivity contribution in [3.63, 3.8) is 0 Å². The number of hydrogen-bond donors (Lipinski definition) is 1. The molecular formula is C31H43N3O6. The lowest BCUT2D eigenvalue weighted by molar-refractivity contribution is -0.149. The predicted octanol–water partition coefficient (Wildman–Crippen LogP) is 3.17. The zero-order chi connectivity index (χ0) is 29.0. The van der Waals surface area contributed by atoms with Crippen molar-refractivity contribution in [3.8, 4) is 5.75 Å². The van der Waals surface area contributed by atoms with E-state index in [9.17, 15) is 19.5 Å². The number of likely N-dealkylation sites (tertiary alicyclic amines) is 1. The van der Waals surface area contributed by atoms with Crippen LogP contribution in [0.4, 0.5) is 5.69 Å². The van der Waals surface area contributed by atoms with Crippen LogP contribution in [0.2, 0.25) is 0 Å². The van der Waals surface area contributed by atoms with Crippen LogP contribution in [0.25, 0.3) is 0 Å². The van der Waals surface area contributed by atoms with Gasteiger partial charge in [0.05, 0.1) is 31.2 Å². The van der Waals surface area contributed by atoms with Gasteiger partial charge < -0.3 is 29.3 Å². The van der Waals surface area contributed by atoms with Gasteiger partial charge in [0.2, 0.25) is 17.7 Å². The van der Waals surface area contributed by atoms with E-state index in [1.54, 1.807) is 22.0 Å². The van der Waals surface area contributed by atoms with Crippen LogP contribution in [-0.4, -0.2) is 89.3 Å². The minimum absolute atomic E-state index is 0.00176. The van der Waals surface area contributed by atoms with Crippen LogP contribution >= 0.6 is 0 Å². The highest BCUT2D eigenvalue weighted by molar-refractivity contribution is 6.03. The van der Waals surface area contributed by atoms with Gasteiger partial charge in [-0.15, -0.1) is 13.2 Å². The van der Waals surface area contributed by atoms with E-state index in [2.05, 4.69) is 20.1 Å². The number of hydrogen-bond acceptors (Lipinski definition) is 6. The van der Waals surface area contributed by atoms with E-state index in [0.717, 1.165) is 12.8 Å². The topological polar surface area (TPSA) is 99.6 Å². The van der Waals surface area contributed by atoms with E-state index < -0.39 is 29.6 Å². The average molecular weight is 554 g/mol. The number of carbonyl (C=O) groups is 3. The number of rotatable bonds is 14. The summed E-state index contributed by atoms with van der Waals surface area (Å²) in [5, 5.41) is 9.88. The van der Waals surface area contributed by atoms with Crippen LogP contribution in [0, 0.1) is 11.8 Å². The van der Waals surface area contributed by atoms with Gasteiger partial charge in [-0.05, 0) is 57.4 Å². The Morgan fingerprint density at radius 3 is 2.50 bits per heavy atom. The Kier molecular flexibility index (Phi) is 9.36. The number of fused-ring (bicyclic) bond motifs is 1. The molecule has 1 aromatic carbocycles. The van der Waals surface area contributed by atoms with Crippen molar-refractivity contribution in [3.05, 3.63) is 49.6 Å². The van der Waals surface area contributed by atoms with Crippen LogP contribution in [0.5, 0.6) is 5.75 Å². The Labute approximate surface area is 237 Å². The van der Waals surface area contributed by atoms with Crippen molar-refractivity contribution in [2.45, 2.75) is 70.2 Å². The lowest BCUT2D eigenvalue weighted by atomic mass is 9.70. The highest BCUT2D eigenvalue weighted by atomic mass is 16.5. The molecular weight excluding hydrogens is 510 g/mol. The number of ether oxygens (including phenoxy) is 2. The minimum atomic E-state index is -1.11. The number of aliphatic hydroxyl groups is 1. The number of aliphatic hydroxyl groups excluding tert-OH is 1. The molecule has 9 heteroatoms. The maximum absolute atomic E-state index is 14.2. The third kappa shape index (κ3) is 5.05. The summed E-state index contributed by atoms with van der Waals surface area (Å²) in [5.41, 5.74) is -0.445. The lowest BCUT2D eigenvalue weighted by Crippen LogP contribution is -2.58. The van der Waals surface area contributed by atoms with E-state index in [-0.39, 0.29) is 43.5 Å². The molecule has 3 aliphatic rings. The lowest BCUT2D eigenvalue weighted by Gasteiger charge is -2.38. The van der Waals surface area contributed by atoms with Gasteiger partial charge in [0.1, 0.15) is 17.4 Å². The Morgan fingerprint density at radius 2 is 1.90 bits per heavy atom. The van der Waals surface area contributed by atoms with Crippen LogP contribution in [0.15, 0.2) is 49.6 Å². The maximum Gasteiger partial charge on any atom is 0.248 e. The van der Waals surface area contributed by atoms with E-state index in [1.807, 2.05) is 38.1 Å². The third-order valence-corrected chi connectivity index (χ3v) is 8.54. The Balaban J connectivity index is 1.70. The second-order valence-corrected chi connectivity index (χ2v) is 10.9. The van der Waals surface area contributed by atoms with Gasteiger partial charge in [-0.2, -0.15) is 0 Å². The fourth-order valence-corrected chi connectivity index (χ4v) is 6.94. The first kappa shape index (κ1) is 29.8. The molecule has 3 amide bonds. The van der Waals surface area contributed by atoms with E-state index in [0.29, 0.717) is 37.4 Å². The quantitative estimate of drug-likeness (QED) is 0.356. The summed E-state index contributed by atoms with van der Waals surface area (Å²) in [5.74, 6) is -1.59. The molecule has 3 aliphatic heterocycles. The molecule has 9 nitrogen and oxygen atoms in total. The van der Waals surface area contributed by atoms with Gasteiger partial charge >= 0.3 is 0 Å². The highest BCUT2D eigenvalue weighted by Gasteiger charge is 2.75. The van der Waals surface area contributed by atoms with Crippen LogP contribution in [0.1, 0.15) is 46.5 Å². The molecule has 4 rings (SSSR count). The van der Waals surface area contributed by atoms with Crippen molar-refractivity contribution >= 4 is 23.4 Å². The molecule has 6 atom stereocenters. The van der Waals surface area contributed by atoms with E-state index in [1.165, 1.54) is 4.90 Å². The summed E-state index contributed by atoms with van der Waals surface area (Å²) in [6, 6.07) is 6.29. The van der Waals surface area contributed by atoms with Crippen LogP contribution < -0.4 is 9.64 Å². The zero-order valence-corrected chi connectivity index (χ0v) is 24.0. The fourth-order valence-electron chi connectivity index (χ4n) is 6.94. The number of nitrogens with zero attached hydrogens (tertiary/aromatic N) is 3. The molecule has 1 spiro atoms. The molecule has 3 fully saturated rings. The summed E-state index contributed by atoms with van der Waals surface area (Å²) >= 11 is 0. The molecule has 0 aliphatic carbocycles. The monoisotopic (exact) mass is 553 g/mol. The van der Waals surface area contributed by atoms with Crippen molar-refractivity contribution in [2.24, 2.45) is 11.8 Å². The molecule has 2 bridgehead atoms. The third-order valence-electron chi connectivity index (χ3n) is 8.54. The van der Waals surface area contributed by atoms with Gasteiger partial charge in [0, 0.05) is 31.4 Å². The van der Waals surface area contributed by atoms with Gasteiger partial charge in [0.15, 0.2) is 0 Å². The summed E-state index contributed by atoms with van der Waals surface area (Å²) in [7, 11) is 0. The highest BCUT2D eigenvalue weighted by Crippen LogP contribution is 2.59. The SMILES string of the molecule is C=CCN(C(=O)[C@@H]1[C@@H]2CCC3(O2)C(C(=O)N(CC=C)C(C)CCC)N(CCO)C(=O)[C@H]13)c1ccc(OCC)cc1. The number of anilines is 1. The first-order chi connectivity index (χ1) is 19.3. The van der Waals surface area contributed by atoms with E-state index >= 15 is 0 Å². The Hall–Kier alpha value is -3.17. The van der Waals surface area contributed by atoms with Crippen molar-refractivity contribution in [2.75, 3.05) is 37.7 Å². The molecule has 0 aromatic heterocycles. The summed E-state index contributed by atoms with van der Waals surface area (Å²) in [6.45, 7) is 14.5. The zero-order valence-electron chi connectivity index (χ0n) is 24.0. The standard InChI is InChI=1S/C31H43N3O6/c1-6-10-21(5)32(17-7-2)30(38)27-31-16-15-24(40-31)25(26(31)29(37)34(27)19-20-35)28(36)33(18-8-3)22-11-13-23(14-12-22)39-9-4/h7-8,11-14,21,24-27,35H,2-3,6,9-10,15-20H2,1,4-5H3/t21?,24-,25+,26-,27?,31?/m0/s1. The van der Waals surface area contributed by atoms with Gasteiger partial charge in [-0.25, -0.2) is 0 Å². The predicted molar refractivity (Wildman–Crippen MR) is 153 cm³/mol. The smallest absolute Gasteiger partial charge is 0.248 e. The van der Waals surface area contributed by atoms with E-state index in [4.69, 9.17) is 9.47 Å². The second-order valence-electron chi connectivity index (χ2n) is 10.9. The van der Waals surface area contributed by atoms with Crippen molar-refractivity contribution < 1.29 is 29.0 Å². The molecule has 3 saturated heterocycles. The molecule has 3 unspecified atom stereocenters. The molecule has 1 aromatic rings. The number of carbonyl (C=O) groups excluding carboxylic acids is 3. The first-order valence-electron chi connectivity index (χ1n) is 14.4. The molecule has 218 valence electrons. The summed E-state index contributed by atoms with van der Waals surface area (Å²) in [6.07, 6.45) is 5.67. The molecule has 1 N–H and O–H groups in total.